The molecule has 1 atom stereocenters. The van der Waals surface area contributed by atoms with Crippen LogP contribution in [0.2, 0.25) is 0 Å². The summed E-state index contributed by atoms with van der Waals surface area (Å²) in [6.45, 7) is 11.5. The molecule has 0 bridgehead atoms. The molecule has 0 aromatic rings. The second-order valence-electron chi connectivity index (χ2n) is 5.24. The van der Waals surface area contributed by atoms with Crippen molar-refractivity contribution in [3.05, 3.63) is 0 Å². The molecule has 0 radical (unpaired) electrons. The van der Waals surface area contributed by atoms with Crippen molar-refractivity contribution in [1.29, 1.82) is 0 Å². The average molecular weight is 229 g/mol. The number of hydrogen-bond acceptors (Lipinski definition) is 3. The topological polar surface area (TPSA) is 18.5 Å². The second-order valence-corrected chi connectivity index (χ2v) is 5.24. The van der Waals surface area contributed by atoms with E-state index in [1.165, 1.54) is 19.5 Å². The summed E-state index contributed by atoms with van der Waals surface area (Å²) < 4.78 is 0. The van der Waals surface area contributed by atoms with Crippen LogP contribution in [0.5, 0.6) is 0 Å². The van der Waals surface area contributed by atoms with Crippen LogP contribution in [0.3, 0.4) is 0 Å². The highest BCUT2D eigenvalue weighted by Gasteiger charge is 2.15. The maximum absolute atomic E-state index is 3.42. The molecule has 0 aromatic heterocycles. The summed E-state index contributed by atoms with van der Waals surface area (Å²) in [5.74, 6) is 0.698. The lowest BCUT2D eigenvalue weighted by Gasteiger charge is -2.30. The lowest BCUT2D eigenvalue weighted by molar-refractivity contribution is 0.204. The molecule has 0 aromatic carbocycles. The van der Waals surface area contributed by atoms with E-state index in [1.807, 2.05) is 0 Å². The van der Waals surface area contributed by atoms with Crippen LogP contribution < -0.4 is 5.32 Å². The molecule has 0 rings (SSSR count). The first kappa shape index (κ1) is 15.9. The Morgan fingerprint density at radius 2 is 1.69 bits per heavy atom. The van der Waals surface area contributed by atoms with Gasteiger partial charge in [0.15, 0.2) is 0 Å². The Morgan fingerprint density at radius 3 is 2.06 bits per heavy atom. The molecule has 0 saturated heterocycles. The maximum atomic E-state index is 3.42. The van der Waals surface area contributed by atoms with Crippen molar-refractivity contribution in [3.63, 3.8) is 0 Å². The monoisotopic (exact) mass is 229 g/mol. The largest absolute Gasteiger partial charge is 0.315 e. The van der Waals surface area contributed by atoms with Gasteiger partial charge in [0.05, 0.1) is 0 Å². The quantitative estimate of drug-likeness (QED) is 0.646. The summed E-state index contributed by atoms with van der Waals surface area (Å²) in [5, 5.41) is 3.42. The average Bonchev–Trinajstić information content (AvgIpc) is 2.21. The predicted molar refractivity (Wildman–Crippen MR) is 73.0 cm³/mol. The maximum Gasteiger partial charge on any atom is 0.0214 e. The van der Waals surface area contributed by atoms with Gasteiger partial charge in [-0.1, -0.05) is 20.8 Å². The number of rotatable bonds is 9. The third-order valence-corrected chi connectivity index (χ3v) is 3.03. The van der Waals surface area contributed by atoms with E-state index < -0.39 is 0 Å². The summed E-state index contributed by atoms with van der Waals surface area (Å²) >= 11 is 0. The Hall–Kier alpha value is -0.120. The molecule has 0 fully saturated rings. The Bertz CT molecular complexity index is 157. The molecular formula is C13H31N3. The third-order valence-electron chi connectivity index (χ3n) is 3.03. The zero-order valence-corrected chi connectivity index (χ0v) is 12.1. The van der Waals surface area contributed by atoms with Crippen LogP contribution in [-0.4, -0.2) is 63.2 Å². The van der Waals surface area contributed by atoms with E-state index in [2.05, 4.69) is 57.0 Å². The van der Waals surface area contributed by atoms with Crippen LogP contribution in [0, 0.1) is 5.92 Å². The van der Waals surface area contributed by atoms with E-state index in [4.69, 9.17) is 0 Å². The van der Waals surface area contributed by atoms with E-state index in [0.29, 0.717) is 12.0 Å². The zero-order valence-electron chi connectivity index (χ0n) is 12.1. The van der Waals surface area contributed by atoms with Crippen molar-refractivity contribution in [3.8, 4) is 0 Å². The molecule has 0 aliphatic carbocycles. The first-order valence-corrected chi connectivity index (χ1v) is 6.55. The first-order chi connectivity index (χ1) is 7.51. The molecule has 98 valence electrons. The highest BCUT2D eigenvalue weighted by molar-refractivity contribution is 4.74. The molecule has 1 unspecified atom stereocenters. The molecule has 0 aliphatic heterocycles. The fourth-order valence-electron chi connectivity index (χ4n) is 1.87. The molecule has 0 spiro atoms. The molecule has 3 heteroatoms. The summed E-state index contributed by atoms with van der Waals surface area (Å²) in [5.41, 5.74) is 0. The van der Waals surface area contributed by atoms with E-state index in [1.54, 1.807) is 0 Å². The van der Waals surface area contributed by atoms with E-state index in [-0.39, 0.29) is 0 Å². The van der Waals surface area contributed by atoms with Gasteiger partial charge in [-0.25, -0.2) is 0 Å². The Balaban J connectivity index is 4.08. The Kier molecular flexibility index (Phi) is 8.90. The molecule has 0 saturated carbocycles. The number of nitrogens with zero attached hydrogens (tertiary/aromatic N) is 2. The zero-order chi connectivity index (χ0) is 12.6. The van der Waals surface area contributed by atoms with Gasteiger partial charge in [0, 0.05) is 25.7 Å². The van der Waals surface area contributed by atoms with Crippen molar-refractivity contribution >= 4 is 0 Å². The van der Waals surface area contributed by atoms with Gasteiger partial charge in [0.1, 0.15) is 0 Å². The highest BCUT2D eigenvalue weighted by atomic mass is 15.2. The van der Waals surface area contributed by atoms with E-state index >= 15 is 0 Å². The minimum Gasteiger partial charge on any atom is -0.315 e. The lowest BCUT2D eigenvalue weighted by atomic mass is 10.0. The summed E-state index contributed by atoms with van der Waals surface area (Å²) in [6, 6.07) is 0.605. The van der Waals surface area contributed by atoms with Gasteiger partial charge in [0.25, 0.3) is 0 Å². The van der Waals surface area contributed by atoms with Crippen molar-refractivity contribution in [2.24, 2.45) is 5.92 Å². The van der Waals surface area contributed by atoms with Gasteiger partial charge in [-0.3, -0.25) is 0 Å². The van der Waals surface area contributed by atoms with Crippen LogP contribution >= 0.6 is 0 Å². The van der Waals surface area contributed by atoms with Crippen LogP contribution in [0.15, 0.2) is 0 Å². The van der Waals surface area contributed by atoms with E-state index in [0.717, 1.165) is 13.1 Å². The lowest BCUT2D eigenvalue weighted by Crippen LogP contribution is -2.44. The molecule has 0 heterocycles. The minimum absolute atomic E-state index is 0.605. The van der Waals surface area contributed by atoms with Crippen molar-refractivity contribution in [2.45, 2.75) is 33.2 Å². The molecular weight excluding hydrogens is 198 g/mol. The predicted octanol–water partition coefficient (Wildman–Crippen LogP) is 1.50. The summed E-state index contributed by atoms with van der Waals surface area (Å²) in [6.07, 6.45) is 1.24. The van der Waals surface area contributed by atoms with Crippen molar-refractivity contribution < 1.29 is 0 Å². The van der Waals surface area contributed by atoms with Crippen LogP contribution in [-0.2, 0) is 0 Å². The minimum atomic E-state index is 0.605. The fourth-order valence-corrected chi connectivity index (χ4v) is 1.87. The first-order valence-electron chi connectivity index (χ1n) is 6.55. The van der Waals surface area contributed by atoms with Gasteiger partial charge in [-0.2, -0.15) is 0 Å². The Labute approximate surface area is 102 Å². The normalized spacial score (nSPS) is 14.1. The fraction of sp³-hybridized carbons (Fsp3) is 1.00. The SMILES string of the molecule is CCCN(CCN(C)C)CC(NC)C(C)C. The molecule has 3 nitrogen and oxygen atoms in total. The highest BCUT2D eigenvalue weighted by Crippen LogP contribution is 2.04. The second kappa shape index (κ2) is 8.97. The van der Waals surface area contributed by atoms with Gasteiger partial charge in [0.2, 0.25) is 0 Å². The van der Waals surface area contributed by atoms with Gasteiger partial charge in [-0.15, -0.1) is 0 Å². The van der Waals surface area contributed by atoms with Crippen molar-refractivity contribution in [1.82, 2.24) is 15.1 Å². The van der Waals surface area contributed by atoms with Gasteiger partial charge in [-0.05, 0) is 40.0 Å². The smallest absolute Gasteiger partial charge is 0.0214 e. The van der Waals surface area contributed by atoms with Gasteiger partial charge >= 0.3 is 0 Å². The van der Waals surface area contributed by atoms with Crippen LogP contribution in [0.4, 0.5) is 0 Å². The molecule has 0 aliphatic rings. The number of hydrogen-bond donors (Lipinski definition) is 1. The number of likely N-dealkylation sites (N-methyl/N-ethyl adjacent to an activating group) is 2. The standard InChI is InChI=1S/C13H31N3/c1-7-8-16(10-9-15(5)6)11-13(14-4)12(2)3/h12-14H,7-11H2,1-6H3. The van der Waals surface area contributed by atoms with Gasteiger partial charge < -0.3 is 15.1 Å². The van der Waals surface area contributed by atoms with Crippen LogP contribution in [0.25, 0.3) is 0 Å². The Morgan fingerprint density at radius 1 is 1.06 bits per heavy atom. The molecule has 1 N–H and O–H groups in total. The molecule has 16 heavy (non-hydrogen) atoms. The van der Waals surface area contributed by atoms with Crippen LogP contribution in [0.1, 0.15) is 27.2 Å². The number of nitrogens with one attached hydrogen (secondary N) is 1. The summed E-state index contributed by atoms with van der Waals surface area (Å²) in [4.78, 5) is 4.83. The molecule has 0 amide bonds. The van der Waals surface area contributed by atoms with Crippen molar-refractivity contribution in [2.75, 3.05) is 47.3 Å². The third kappa shape index (κ3) is 7.20. The summed E-state index contributed by atoms with van der Waals surface area (Å²) in [7, 11) is 6.35. The van der Waals surface area contributed by atoms with E-state index in [9.17, 15) is 0 Å².